The lowest BCUT2D eigenvalue weighted by Crippen LogP contribution is -2.17. The van der Waals surface area contributed by atoms with Gasteiger partial charge in [-0.3, -0.25) is 19.8 Å². The molecule has 2 aromatic rings. The number of aromatic nitrogens is 3. The maximum Gasteiger partial charge on any atom is 0.290 e. The van der Waals surface area contributed by atoms with E-state index in [1.807, 2.05) is 13.8 Å². The number of nitrogens with one attached hydrogen (secondary N) is 2. The maximum absolute atomic E-state index is 11.3. The molecule has 2 N–H and O–H groups in total. The molecule has 0 unspecified atom stereocenters. The van der Waals surface area contributed by atoms with Crippen molar-refractivity contribution >= 4 is 21.6 Å². The molecule has 6 heteroatoms. The molecule has 0 atom stereocenters. The molecule has 5 nitrogen and oxygen atoms in total. The summed E-state index contributed by atoms with van der Waals surface area (Å²) in [6.45, 7) is 3.94. The second kappa shape index (κ2) is 3.06. The van der Waals surface area contributed by atoms with Crippen molar-refractivity contribution in [1.82, 2.24) is 15.2 Å². The van der Waals surface area contributed by atoms with Crippen molar-refractivity contribution in [3.63, 3.8) is 0 Å². The topological polar surface area (TPSA) is 78.6 Å². The van der Waals surface area contributed by atoms with E-state index in [4.69, 9.17) is 0 Å². The van der Waals surface area contributed by atoms with Gasteiger partial charge in [0.1, 0.15) is 4.70 Å². The molecule has 74 valence electrons. The average molecular weight is 211 g/mol. The Morgan fingerprint density at radius 1 is 1.21 bits per heavy atom. The van der Waals surface area contributed by atoms with Gasteiger partial charge in [0.05, 0.1) is 5.01 Å². The number of fused-ring (bicyclic) bond motifs is 1. The molecule has 0 amide bonds. The molecule has 0 aliphatic rings. The summed E-state index contributed by atoms with van der Waals surface area (Å²) < 4.78 is 0.400. The fourth-order valence-electron chi connectivity index (χ4n) is 1.12. The summed E-state index contributed by atoms with van der Waals surface area (Å²) in [7, 11) is 0. The van der Waals surface area contributed by atoms with Gasteiger partial charge in [-0.15, -0.1) is 11.3 Å². The van der Waals surface area contributed by atoms with Crippen LogP contribution in [0.25, 0.3) is 10.2 Å². The summed E-state index contributed by atoms with van der Waals surface area (Å²) in [5, 5.41) is 5.33. The molecule has 2 heterocycles. The van der Waals surface area contributed by atoms with Crippen LogP contribution in [0.2, 0.25) is 0 Å². The van der Waals surface area contributed by atoms with Crippen molar-refractivity contribution in [1.29, 1.82) is 0 Å². The first-order chi connectivity index (χ1) is 6.59. The summed E-state index contributed by atoms with van der Waals surface area (Å²) in [5.74, 6) is 0.228. The lowest BCUT2D eigenvalue weighted by Gasteiger charge is -1.94. The van der Waals surface area contributed by atoms with Gasteiger partial charge in [-0.2, -0.15) is 0 Å². The number of aromatic amines is 2. The van der Waals surface area contributed by atoms with Gasteiger partial charge in [0.2, 0.25) is 0 Å². The zero-order valence-electron chi connectivity index (χ0n) is 7.75. The zero-order valence-corrected chi connectivity index (χ0v) is 8.57. The number of hydrogen-bond donors (Lipinski definition) is 2. The van der Waals surface area contributed by atoms with Crippen LogP contribution in [0.1, 0.15) is 24.8 Å². The second-order valence-electron chi connectivity index (χ2n) is 3.29. The van der Waals surface area contributed by atoms with Gasteiger partial charge in [-0.05, 0) is 0 Å². The van der Waals surface area contributed by atoms with E-state index in [0.29, 0.717) is 4.70 Å². The Hall–Kier alpha value is -1.43. The highest BCUT2D eigenvalue weighted by atomic mass is 32.1. The molecule has 0 fully saturated rings. The SMILES string of the molecule is CC(C)c1nc2c(=O)[nH][nH]c(=O)c2s1. The van der Waals surface area contributed by atoms with Gasteiger partial charge in [0.25, 0.3) is 11.1 Å². The van der Waals surface area contributed by atoms with E-state index in [-0.39, 0.29) is 22.6 Å². The quantitative estimate of drug-likeness (QED) is 0.732. The standard InChI is InChI=1S/C8H9N3O2S/c1-3(2)8-9-4-5(14-8)7(13)11-10-6(4)12/h3H,1-2H3,(H,10,12)(H,11,13). The predicted octanol–water partition coefficient (Wildman–Crippen LogP) is 0.796. The van der Waals surface area contributed by atoms with E-state index in [1.165, 1.54) is 11.3 Å². The predicted molar refractivity (Wildman–Crippen MR) is 55.0 cm³/mol. The van der Waals surface area contributed by atoms with Crippen molar-refractivity contribution in [3.05, 3.63) is 25.7 Å². The van der Waals surface area contributed by atoms with Crippen LogP contribution in [0, 0.1) is 0 Å². The third-order valence-electron chi connectivity index (χ3n) is 1.85. The maximum atomic E-state index is 11.3. The summed E-state index contributed by atoms with van der Waals surface area (Å²) in [5.41, 5.74) is -0.394. The molecule has 0 aliphatic heterocycles. The van der Waals surface area contributed by atoms with Crippen LogP contribution in [0.3, 0.4) is 0 Å². The van der Waals surface area contributed by atoms with Gasteiger partial charge in [0, 0.05) is 5.92 Å². The Bertz CT molecular complexity index is 531. The number of H-pyrrole nitrogens is 2. The molecule has 2 rings (SSSR count). The van der Waals surface area contributed by atoms with Crippen molar-refractivity contribution in [2.75, 3.05) is 0 Å². The molecule has 0 saturated heterocycles. The molecule has 0 spiro atoms. The fourth-order valence-corrected chi connectivity index (χ4v) is 2.08. The van der Waals surface area contributed by atoms with Crippen molar-refractivity contribution < 1.29 is 0 Å². The van der Waals surface area contributed by atoms with E-state index in [1.54, 1.807) is 0 Å². The monoisotopic (exact) mass is 211 g/mol. The van der Waals surface area contributed by atoms with Gasteiger partial charge in [0.15, 0.2) is 5.52 Å². The summed E-state index contributed by atoms with van der Waals surface area (Å²) in [4.78, 5) is 26.7. The summed E-state index contributed by atoms with van der Waals surface area (Å²) >= 11 is 1.27. The Kier molecular flexibility index (Phi) is 1.99. The highest BCUT2D eigenvalue weighted by Gasteiger charge is 2.12. The summed E-state index contributed by atoms with van der Waals surface area (Å²) in [6, 6.07) is 0. The van der Waals surface area contributed by atoms with Crippen molar-refractivity contribution in [2.24, 2.45) is 0 Å². The number of nitrogens with zero attached hydrogens (tertiary/aromatic N) is 1. The number of hydrogen-bond acceptors (Lipinski definition) is 4. The first kappa shape index (κ1) is 9.14. The smallest absolute Gasteiger partial charge is 0.266 e. The van der Waals surface area contributed by atoms with Crippen molar-refractivity contribution in [3.8, 4) is 0 Å². The second-order valence-corrected chi connectivity index (χ2v) is 4.32. The van der Waals surface area contributed by atoms with Gasteiger partial charge < -0.3 is 0 Å². The minimum Gasteiger partial charge on any atom is -0.266 e. The van der Waals surface area contributed by atoms with E-state index in [2.05, 4.69) is 15.2 Å². The minimum atomic E-state index is -0.345. The Labute approximate surface area is 82.8 Å². The molecule has 0 aliphatic carbocycles. The van der Waals surface area contributed by atoms with E-state index in [9.17, 15) is 9.59 Å². The molecular formula is C8H9N3O2S. The first-order valence-corrected chi connectivity index (χ1v) is 5.02. The molecular weight excluding hydrogens is 202 g/mol. The van der Waals surface area contributed by atoms with Crippen LogP contribution in [0.15, 0.2) is 9.59 Å². The van der Waals surface area contributed by atoms with E-state index < -0.39 is 0 Å². The normalized spacial score (nSPS) is 11.4. The zero-order chi connectivity index (χ0) is 10.3. The van der Waals surface area contributed by atoms with Gasteiger partial charge >= 0.3 is 0 Å². The van der Waals surface area contributed by atoms with Crippen molar-refractivity contribution in [2.45, 2.75) is 19.8 Å². The minimum absolute atomic E-state index is 0.228. The van der Waals surface area contributed by atoms with E-state index >= 15 is 0 Å². The molecule has 0 saturated carbocycles. The van der Waals surface area contributed by atoms with Crippen LogP contribution >= 0.6 is 11.3 Å². The van der Waals surface area contributed by atoms with Gasteiger partial charge in [-0.25, -0.2) is 4.98 Å². The molecule has 0 bridgehead atoms. The highest BCUT2D eigenvalue weighted by Crippen LogP contribution is 2.22. The third kappa shape index (κ3) is 1.27. The Balaban J connectivity index is 2.89. The largest absolute Gasteiger partial charge is 0.290 e. The summed E-state index contributed by atoms with van der Waals surface area (Å²) in [6.07, 6.45) is 0. The molecule has 0 radical (unpaired) electrons. The molecule has 2 aromatic heterocycles. The highest BCUT2D eigenvalue weighted by molar-refractivity contribution is 7.18. The van der Waals surface area contributed by atoms with E-state index in [0.717, 1.165) is 5.01 Å². The van der Waals surface area contributed by atoms with Gasteiger partial charge in [-0.1, -0.05) is 13.8 Å². The van der Waals surface area contributed by atoms with Crippen LogP contribution in [0.4, 0.5) is 0 Å². The average Bonchev–Trinajstić information content (AvgIpc) is 2.57. The lowest BCUT2D eigenvalue weighted by atomic mass is 10.2. The fraction of sp³-hybridized carbons (Fsp3) is 0.375. The third-order valence-corrected chi connectivity index (χ3v) is 3.20. The number of thiazole rings is 1. The Morgan fingerprint density at radius 3 is 2.43 bits per heavy atom. The van der Waals surface area contributed by atoms with Crippen LogP contribution in [-0.2, 0) is 0 Å². The van der Waals surface area contributed by atoms with Crippen LogP contribution < -0.4 is 11.1 Å². The Morgan fingerprint density at radius 2 is 1.86 bits per heavy atom. The molecule has 14 heavy (non-hydrogen) atoms. The first-order valence-electron chi connectivity index (χ1n) is 4.21. The van der Waals surface area contributed by atoms with Crippen LogP contribution in [0.5, 0.6) is 0 Å². The number of rotatable bonds is 1. The lowest BCUT2D eigenvalue weighted by molar-refractivity contribution is 0.855. The molecule has 0 aromatic carbocycles. The van der Waals surface area contributed by atoms with Crippen LogP contribution in [-0.4, -0.2) is 15.2 Å².